The van der Waals surface area contributed by atoms with Crippen molar-refractivity contribution in [2.45, 2.75) is 43.9 Å². The average molecular weight is 463 g/mol. The average Bonchev–Trinajstić information content (AvgIpc) is 2.77. The molecule has 0 radical (unpaired) electrons. The van der Waals surface area contributed by atoms with Gasteiger partial charge < -0.3 is 19.5 Å². The lowest BCUT2D eigenvalue weighted by Gasteiger charge is -2.34. The van der Waals surface area contributed by atoms with Crippen LogP contribution in [0.2, 0.25) is 0 Å². The van der Waals surface area contributed by atoms with Crippen molar-refractivity contribution in [3.05, 3.63) is 53.6 Å². The van der Waals surface area contributed by atoms with Gasteiger partial charge in [-0.3, -0.25) is 4.79 Å². The second kappa shape index (κ2) is 9.89. The van der Waals surface area contributed by atoms with Crippen LogP contribution in [-0.4, -0.2) is 58.1 Å². The number of hydrogen-bond donors (Lipinski definition) is 1. The smallest absolute Gasteiger partial charge is 0.251 e. The molecule has 1 N–H and O–H groups in total. The molecule has 32 heavy (non-hydrogen) atoms. The molecule has 0 aliphatic carbocycles. The fraction of sp³-hybridized carbons (Fsp3) is 0.435. The van der Waals surface area contributed by atoms with E-state index in [0.29, 0.717) is 30.2 Å². The van der Waals surface area contributed by atoms with Crippen molar-refractivity contribution < 1.29 is 27.4 Å². The molecule has 1 aliphatic heterocycles. The lowest BCUT2D eigenvalue weighted by molar-refractivity contribution is -0.0440. The summed E-state index contributed by atoms with van der Waals surface area (Å²) in [5.74, 6) is 0.950. The number of hydrogen-bond acceptors (Lipinski definition) is 6. The molecule has 0 aromatic heterocycles. The summed E-state index contributed by atoms with van der Waals surface area (Å²) in [6.45, 7) is 6.16. The van der Waals surface area contributed by atoms with Gasteiger partial charge in [-0.05, 0) is 57.2 Å². The molecule has 1 aliphatic rings. The quantitative estimate of drug-likeness (QED) is 0.680. The number of ether oxygens (including phenoxy) is 3. The molecule has 1 heterocycles. The molecule has 1 saturated heterocycles. The third-order valence-corrected chi connectivity index (χ3v) is 7.24. The molecule has 1 fully saturated rings. The highest BCUT2D eigenvalue weighted by molar-refractivity contribution is 7.89. The van der Waals surface area contributed by atoms with Crippen molar-refractivity contribution in [1.29, 1.82) is 0 Å². The van der Waals surface area contributed by atoms with Gasteiger partial charge in [0.15, 0.2) is 0 Å². The number of carbonyl (C=O) groups excluding carboxylic acids is 1. The highest BCUT2D eigenvalue weighted by Gasteiger charge is 2.32. The number of rotatable bonds is 7. The van der Waals surface area contributed by atoms with Crippen molar-refractivity contribution >= 4 is 15.9 Å². The highest BCUT2D eigenvalue weighted by Crippen LogP contribution is 2.29. The van der Waals surface area contributed by atoms with Crippen LogP contribution in [0.4, 0.5) is 0 Å². The fourth-order valence-corrected chi connectivity index (χ4v) is 5.38. The van der Waals surface area contributed by atoms with Crippen molar-refractivity contribution in [2.75, 3.05) is 27.3 Å². The van der Waals surface area contributed by atoms with Crippen LogP contribution < -0.4 is 14.8 Å². The largest absolute Gasteiger partial charge is 0.497 e. The Labute approximate surface area is 189 Å². The molecule has 2 aromatic rings. The lowest BCUT2D eigenvalue weighted by Crippen LogP contribution is -2.48. The van der Waals surface area contributed by atoms with Crippen molar-refractivity contribution in [1.82, 2.24) is 9.62 Å². The lowest BCUT2D eigenvalue weighted by atomic mass is 10.1. The van der Waals surface area contributed by atoms with Crippen LogP contribution in [0.3, 0.4) is 0 Å². The molecule has 3 atom stereocenters. The number of nitrogens with zero attached hydrogens (tertiary/aromatic N) is 1. The number of methoxy groups -OCH3 is 2. The van der Waals surface area contributed by atoms with E-state index in [1.54, 1.807) is 26.4 Å². The molecule has 0 saturated carbocycles. The van der Waals surface area contributed by atoms with Gasteiger partial charge in [0, 0.05) is 30.3 Å². The number of amides is 1. The highest BCUT2D eigenvalue weighted by atomic mass is 32.2. The molecule has 174 valence electrons. The standard InChI is InChI=1S/C23H30N2O6S/c1-15-13-25(14-16(2)31-15)32(27,28)20-9-6-18(7-10-20)23(26)24-17(3)21-11-8-19(29-4)12-22(21)30-5/h6-12,15-17H,13-14H2,1-5H3,(H,24,26). The van der Waals surface area contributed by atoms with Gasteiger partial charge in [0.05, 0.1) is 37.4 Å². The summed E-state index contributed by atoms with van der Waals surface area (Å²) in [5.41, 5.74) is 1.17. The van der Waals surface area contributed by atoms with Crippen LogP contribution in [0.1, 0.15) is 42.7 Å². The van der Waals surface area contributed by atoms with Gasteiger partial charge in [-0.15, -0.1) is 0 Å². The third-order valence-electron chi connectivity index (χ3n) is 5.40. The normalized spacial score (nSPS) is 20.4. The summed E-state index contributed by atoms with van der Waals surface area (Å²) in [4.78, 5) is 12.9. The first-order valence-electron chi connectivity index (χ1n) is 10.4. The molecule has 0 spiro atoms. The Morgan fingerprint density at radius 1 is 1.06 bits per heavy atom. The van der Waals surface area contributed by atoms with E-state index in [2.05, 4.69) is 5.32 Å². The molecule has 1 amide bonds. The van der Waals surface area contributed by atoms with Gasteiger partial charge in [0.1, 0.15) is 11.5 Å². The monoisotopic (exact) mass is 462 g/mol. The van der Waals surface area contributed by atoms with Crippen LogP contribution in [0.25, 0.3) is 0 Å². The SMILES string of the molecule is COc1ccc(C(C)NC(=O)c2ccc(S(=O)(=O)N3CC(C)OC(C)C3)cc2)c(OC)c1. The summed E-state index contributed by atoms with van der Waals surface area (Å²) in [6.07, 6.45) is -0.343. The van der Waals surface area contributed by atoms with Gasteiger partial charge >= 0.3 is 0 Å². The van der Waals surface area contributed by atoms with E-state index in [0.717, 1.165) is 5.56 Å². The van der Waals surface area contributed by atoms with E-state index in [4.69, 9.17) is 14.2 Å². The predicted molar refractivity (Wildman–Crippen MR) is 121 cm³/mol. The van der Waals surface area contributed by atoms with E-state index in [1.807, 2.05) is 26.8 Å². The Kier molecular flexibility index (Phi) is 7.43. The van der Waals surface area contributed by atoms with Crippen LogP contribution in [0, 0.1) is 0 Å². The Morgan fingerprint density at radius 2 is 1.69 bits per heavy atom. The zero-order valence-corrected chi connectivity index (χ0v) is 19.8. The minimum Gasteiger partial charge on any atom is -0.497 e. The molecule has 8 nitrogen and oxygen atoms in total. The van der Waals surface area contributed by atoms with Crippen molar-refractivity contribution in [2.24, 2.45) is 0 Å². The number of nitrogens with one attached hydrogen (secondary N) is 1. The topological polar surface area (TPSA) is 94.2 Å². The first kappa shape index (κ1) is 24.0. The first-order chi connectivity index (χ1) is 15.1. The summed E-state index contributed by atoms with van der Waals surface area (Å²) in [5, 5.41) is 2.92. The van der Waals surface area contributed by atoms with Gasteiger partial charge in [0.2, 0.25) is 10.0 Å². The molecule has 9 heteroatoms. The number of morpholine rings is 1. The summed E-state index contributed by atoms with van der Waals surface area (Å²) >= 11 is 0. The van der Waals surface area contributed by atoms with E-state index >= 15 is 0 Å². The van der Waals surface area contributed by atoms with Crippen LogP contribution in [0.15, 0.2) is 47.4 Å². The maximum Gasteiger partial charge on any atom is 0.251 e. The molecule has 3 unspecified atom stereocenters. The van der Waals surface area contributed by atoms with Crippen LogP contribution in [0.5, 0.6) is 11.5 Å². The fourth-order valence-electron chi connectivity index (χ4n) is 3.79. The summed E-state index contributed by atoms with van der Waals surface area (Å²) < 4.78 is 43.7. The molecule has 2 aromatic carbocycles. The predicted octanol–water partition coefficient (Wildman–Crippen LogP) is 2.99. The van der Waals surface area contributed by atoms with Crippen LogP contribution >= 0.6 is 0 Å². The van der Waals surface area contributed by atoms with Gasteiger partial charge in [-0.1, -0.05) is 0 Å². The maximum absolute atomic E-state index is 13.0. The van der Waals surface area contributed by atoms with Crippen molar-refractivity contribution in [3.8, 4) is 11.5 Å². The molecule has 3 rings (SSSR count). The minimum atomic E-state index is -3.66. The zero-order chi connectivity index (χ0) is 23.5. The van der Waals surface area contributed by atoms with Gasteiger partial charge in [-0.2, -0.15) is 4.31 Å². The number of benzene rings is 2. The van der Waals surface area contributed by atoms with Gasteiger partial charge in [-0.25, -0.2) is 8.42 Å². The number of carbonyl (C=O) groups is 1. The third kappa shape index (κ3) is 5.23. The molecular formula is C23H30N2O6S. The number of sulfonamides is 1. The van der Waals surface area contributed by atoms with Crippen LogP contribution in [-0.2, 0) is 14.8 Å². The summed E-state index contributed by atoms with van der Waals surface area (Å²) in [7, 11) is -0.528. The molecule has 0 bridgehead atoms. The van der Waals surface area contributed by atoms with Crippen molar-refractivity contribution in [3.63, 3.8) is 0 Å². The minimum absolute atomic E-state index is 0.153. The maximum atomic E-state index is 13.0. The Bertz CT molecular complexity index is 1040. The van der Waals surface area contributed by atoms with E-state index in [1.165, 1.54) is 28.6 Å². The summed E-state index contributed by atoms with van der Waals surface area (Å²) in [6, 6.07) is 11.0. The Balaban J connectivity index is 1.73. The second-order valence-corrected chi connectivity index (χ2v) is 9.84. The Morgan fingerprint density at radius 3 is 2.25 bits per heavy atom. The Hall–Kier alpha value is -2.62. The second-order valence-electron chi connectivity index (χ2n) is 7.91. The van der Waals surface area contributed by atoms with E-state index in [-0.39, 0.29) is 29.1 Å². The molecular weight excluding hydrogens is 432 g/mol. The van der Waals surface area contributed by atoms with E-state index < -0.39 is 10.0 Å². The first-order valence-corrected chi connectivity index (χ1v) is 11.9. The zero-order valence-electron chi connectivity index (χ0n) is 19.0. The van der Waals surface area contributed by atoms with Gasteiger partial charge in [0.25, 0.3) is 5.91 Å². The van der Waals surface area contributed by atoms with E-state index in [9.17, 15) is 13.2 Å².